The minimum atomic E-state index is -1.07. The van der Waals surface area contributed by atoms with Crippen molar-refractivity contribution in [2.45, 2.75) is 84.8 Å². The molecule has 2 fully saturated rings. The molecule has 1 heterocycles. The second kappa shape index (κ2) is 8.21. The molecule has 0 radical (unpaired) electrons. The van der Waals surface area contributed by atoms with Crippen molar-refractivity contribution in [2.24, 2.45) is 22.7 Å². The molecular formula is C25H36O6. The van der Waals surface area contributed by atoms with Crippen LogP contribution in [0.3, 0.4) is 0 Å². The fourth-order valence-electron chi connectivity index (χ4n) is 6.71. The molecule has 0 amide bonds. The third-order valence-corrected chi connectivity index (χ3v) is 8.13. The lowest BCUT2D eigenvalue weighted by molar-refractivity contribution is -0.223. The number of cyclic esters (lactones) is 1. The van der Waals surface area contributed by atoms with Gasteiger partial charge >= 0.3 is 11.9 Å². The second-order valence-corrected chi connectivity index (χ2v) is 10.6. The molecule has 3 aliphatic rings. The maximum absolute atomic E-state index is 12.2. The van der Waals surface area contributed by atoms with Crippen LogP contribution in [0.4, 0.5) is 0 Å². The van der Waals surface area contributed by atoms with Crippen molar-refractivity contribution >= 4 is 11.9 Å². The van der Waals surface area contributed by atoms with E-state index in [1.807, 2.05) is 19.9 Å². The average Bonchev–Trinajstić information content (AvgIpc) is 2.95. The number of aliphatic hydroxyl groups is 2. The SMILES string of the molecule is CC1=CC(=O)O/C1=C\C=C(/C)CC[C@@H]1[C@@]2(C)CCC[C@@](C)(C(=O)O)[C@@H]2[C@@H](O)C[C@@]1(C)O. The van der Waals surface area contributed by atoms with Gasteiger partial charge in [-0.1, -0.05) is 25.0 Å². The van der Waals surface area contributed by atoms with Crippen molar-refractivity contribution in [1.29, 1.82) is 0 Å². The van der Waals surface area contributed by atoms with Gasteiger partial charge in [-0.15, -0.1) is 0 Å². The van der Waals surface area contributed by atoms with E-state index >= 15 is 0 Å². The normalized spacial score (nSPS) is 42.2. The van der Waals surface area contributed by atoms with Crippen molar-refractivity contribution in [1.82, 2.24) is 0 Å². The predicted octanol–water partition coefficient (Wildman–Crippen LogP) is 4.13. The number of hydrogen-bond acceptors (Lipinski definition) is 5. The van der Waals surface area contributed by atoms with E-state index in [1.165, 1.54) is 6.08 Å². The first kappa shape index (κ1) is 23.7. The predicted molar refractivity (Wildman–Crippen MR) is 117 cm³/mol. The van der Waals surface area contributed by atoms with Crippen LogP contribution in [-0.4, -0.2) is 39.0 Å². The zero-order chi connectivity index (χ0) is 23.2. The van der Waals surface area contributed by atoms with Crippen LogP contribution in [0.2, 0.25) is 0 Å². The van der Waals surface area contributed by atoms with Gasteiger partial charge in [-0.2, -0.15) is 0 Å². The molecule has 0 aromatic carbocycles. The van der Waals surface area contributed by atoms with Gasteiger partial charge in [-0.05, 0) is 76.4 Å². The molecule has 0 aromatic heterocycles. The molecule has 3 N–H and O–H groups in total. The van der Waals surface area contributed by atoms with Crippen LogP contribution in [0.25, 0.3) is 0 Å². The summed E-state index contributed by atoms with van der Waals surface area (Å²) in [5.41, 5.74) is -0.649. The minimum Gasteiger partial charge on any atom is -0.481 e. The van der Waals surface area contributed by atoms with E-state index in [9.17, 15) is 24.9 Å². The van der Waals surface area contributed by atoms with Gasteiger partial charge in [-0.3, -0.25) is 4.79 Å². The van der Waals surface area contributed by atoms with Crippen LogP contribution in [0.15, 0.2) is 35.1 Å². The fraction of sp³-hybridized carbons (Fsp3) is 0.680. The lowest BCUT2D eigenvalue weighted by Crippen LogP contribution is -2.64. The van der Waals surface area contributed by atoms with Gasteiger partial charge < -0.3 is 20.1 Å². The molecule has 0 saturated heterocycles. The molecule has 6 nitrogen and oxygen atoms in total. The molecule has 2 saturated carbocycles. The molecule has 1 aliphatic heterocycles. The Balaban J connectivity index is 1.83. The number of allylic oxidation sites excluding steroid dienone is 4. The maximum atomic E-state index is 12.2. The van der Waals surface area contributed by atoms with Crippen LogP contribution >= 0.6 is 0 Å². The van der Waals surface area contributed by atoms with Crippen LogP contribution in [0.1, 0.15) is 73.1 Å². The number of fused-ring (bicyclic) bond motifs is 1. The lowest BCUT2D eigenvalue weighted by Gasteiger charge is -2.62. The number of ether oxygens (including phenoxy) is 1. The zero-order valence-electron chi connectivity index (χ0n) is 19.3. The Morgan fingerprint density at radius 1 is 1.29 bits per heavy atom. The van der Waals surface area contributed by atoms with Crippen molar-refractivity contribution in [3.63, 3.8) is 0 Å². The van der Waals surface area contributed by atoms with E-state index in [1.54, 1.807) is 19.9 Å². The van der Waals surface area contributed by atoms with Gasteiger partial charge in [-0.25, -0.2) is 4.79 Å². The summed E-state index contributed by atoms with van der Waals surface area (Å²) in [5.74, 6) is -1.19. The Labute approximate surface area is 184 Å². The summed E-state index contributed by atoms with van der Waals surface area (Å²) in [7, 11) is 0. The van der Waals surface area contributed by atoms with Crippen molar-refractivity contribution in [2.75, 3.05) is 0 Å². The number of carboxylic acid groups (broad SMARTS) is 1. The summed E-state index contributed by atoms with van der Waals surface area (Å²) in [5, 5.41) is 32.2. The molecule has 6 heteroatoms. The third-order valence-electron chi connectivity index (χ3n) is 8.13. The van der Waals surface area contributed by atoms with E-state index in [-0.39, 0.29) is 18.3 Å². The van der Waals surface area contributed by atoms with Gasteiger partial charge in [0.15, 0.2) is 0 Å². The Morgan fingerprint density at radius 2 is 1.97 bits per heavy atom. The van der Waals surface area contributed by atoms with Gasteiger partial charge in [0.1, 0.15) is 5.76 Å². The number of carbonyl (C=O) groups excluding carboxylic acids is 1. The van der Waals surface area contributed by atoms with Crippen LogP contribution in [-0.2, 0) is 14.3 Å². The number of aliphatic carboxylic acids is 1. The highest BCUT2D eigenvalue weighted by Crippen LogP contribution is 2.63. The Morgan fingerprint density at radius 3 is 2.55 bits per heavy atom. The second-order valence-electron chi connectivity index (χ2n) is 10.6. The molecule has 0 bridgehead atoms. The van der Waals surface area contributed by atoms with E-state index in [2.05, 4.69) is 6.92 Å². The summed E-state index contributed by atoms with van der Waals surface area (Å²) in [6.07, 6.45) is 8.07. The fourth-order valence-corrected chi connectivity index (χ4v) is 6.71. The zero-order valence-corrected chi connectivity index (χ0v) is 19.3. The lowest BCUT2D eigenvalue weighted by atomic mass is 9.44. The number of carboxylic acids is 1. The third kappa shape index (κ3) is 4.24. The Hall–Kier alpha value is -1.92. The highest BCUT2D eigenvalue weighted by molar-refractivity contribution is 5.88. The summed E-state index contributed by atoms with van der Waals surface area (Å²) < 4.78 is 5.16. The van der Waals surface area contributed by atoms with Crippen molar-refractivity contribution < 1.29 is 29.6 Å². The standard InChI is InChI=1S/C25H36O6/c1-15(7-9-18-16(2)13-20(27)31-18)8-10-19-23(3)11-6-12-24(4,22(28)29)21(23)17(26)14-25(19,5)30/h7,9,13,17,19,21,26,30H,6,8,10-12,14H2,1-5H3,(H,28,29)/b15-7+,18-9-/t17-,19+,21+,23+,24+,25+/m0/s1. The van der Waals surface area contributed by atoms with E-state index < -0.39 is 34.4 Å². The van der Waals surface area contributed by atoms with Gasteiger partial charge in [0, 0.05) is 18.4 Å². The molecule has 6 atom stereocenters. The highest BCUT2D eigenvalue weighted by atomic mass is 16.5. The van der Waals surface area contributed by atoms with Crippen molar-refractivity contribution in [3.8, 4) is 0 Å². The van der Waals surface area contributed by atoms with E-state index in [0.29, 0.717) is 18.6 Å². The van der Waals surface area contributed by atoms with E-state index in [0.717, 1.165) is 30.4 Å². The molecular weight excluding hydrogens is 396 g/mol. The smallest absolute Gasteiger partial charge is 0.336 e. The van der Waals surface area contributed by atoms with Gasteiger partial charge in [0.2, 0.25) is 0 Å². The summed E-state index contributed by atoms with van der Waals surface area (Å²) >= 11 is 0. The summed E-state index contributed by atoms with van der Waals surface area (Å²) in [6.45, 7) is 9.43. The first-order valence-electron chi connectivity index (χ1n) is 11.2. The first-order chi connectivity index (χ1) is 14.3. The number of aliphatic hydroxyl groups excluding tert-OH is 1. The van der Waals surface area contributed by atoms with Crippen LogP contribution < -0.4 is 0 Å². The van der Waals surface area contributed by atoms with Gasteiger partial charge in [0.25, 0.3) is 0 Å². The first-order valence-corrected chi connectivity index (χ1v) is 11.2. The molecule has 0 aromatic rings. The van der Waals surface area contributed by atoms with Crippen molar-refractivity contribution in [3.05, 3.63) is 35.1 Å². The molecule has 2 aliphatic carbocycles. The number of carbonyl (C=O) groups is 2. The summed E-state index contributed by atoms with van der Waals surface area (Å²) in [6, 6.07) is 0. The summed E-state index contributed by atoms with van der Waals surface area (Å²) in [4.78, 5) is 23.5. The number of rotatable bonds is 5. The number of hydrogen-bond donors (Lipinski definition) is 3. The highest BCUT2D eigenvalue weighted by Gasteiger charge is 2.64. The van der Waals surface area contributed by atoms with Crippen LogP contribution in [0, 0.1) is 22.7 Å². The Bertz CT molecular complexity index is 850. The monoisotopic (exact) mass is 432 g/mol. The topological polar surface area (TPSA) is 104 Å². The molecule has 0 unspecified atom stereocenters. The molecule has 3 rings (SSSR count). The number of esters is 1. The molecule has 0 spiro atoms. The maximum Gasteiger partial charge on any atom is 0.336 e. The Kier molecular flexibility index (Phi) is 6.29. The quantitative estimate of drug-likeness (QED) is 0.565. The average molecular weight is 433 g/mol. The van der Waals surface area contributed by atoms with Gasteiger partial charge in [0.05, 0.1) is 17.1 Å². The largest absolute Gasteiger partial charge is 0.481 e. The van der Waals surface area contributed by atoms with Crippen LogP contribution in [0.5, 0.6) is 0 Å². The molecule has 172 valence electrons. The van der Waals surface area contributed by atoms with E-state index in [4.69, 9.17) is 4.74 Å². The molecule has 31 heavy (non-hydrogen) atoms. The minimum absolute atomic E-state index is 0.130.